The highest BCUT2D eigenvalue weighted by Gasteiger charge is 2.11. The normalized spacial score (nSPS) is 16.0. The lowest BCUT2D eigenvalue weighted by atomic mass is 9.89. The third-order valence-corrected chi connectivity index (χ3v) is 4.35. The number of aromatic nitrogens is 1. The Bertz CT molecular complexity index is 546. The predicted octanol–water partition coefficient (Wildman–Crippen LogP) is 3.46. The molecule has 1 fully saturated rings. The van der Waals surface area contributed by atoms with Crippen molar-refractivity contribution < 1.29 is 9.53 Å². The van der Waals surface area contributed by atoms with Gasteiger partial charge in [0.05, 0.1) is 19.3 Å². The Morgan fingerprint density at radius 1 is 1.36 bits per heavy atom. The molecule has 0 bridgehead atoms. The fourth-order valence-corrected chi connectivity index (χ4v) is 3.03. The monoisotopic (exact) mass is 302 g/mol. The van der Waals surface area contributed by atoms with Gasteiger partial charge in [-0.1, -0.05) is 25.3 Å². The highest BCUT2D eigenvalue weighted by Crippen LogP contribution is 2.25. The van der Waals surface area contributed by atoms with Gasteiger partial charge in [0.2, 0.25) is 5.91 Å². The fraction of sp³-hybridized carbons (Fsp3) is 0.556. The summed E-state index contributed by atoms with van der Waals surface area (Å²) in [6.45, 7) is 4.36. The van der Waals surface area contributed by atoms with Gasteiger partial charge in [-0.25, -0.2) is 0 Å². The second kappa shape index (κ2) is 7.97. The summed E-state index contributed by atoms with van der Waals surface area (Å²) < 4.78 is 5.38. The molecule has 1 saturated carbocycles. The number of aryl methyl sites for hydroxylation is 1. The van der Waals surface area contributed by atoms with Gasteiger partial charge in [-0.05, 0) is 38.7 Å². The van der Waals surface area contributed by atoms with Crippen molar-refractivity contribution in [1.82, 2.24) is 10.3 Å². The van der Waals surface area contributed by atoms with E-state index in [1.54, 1.807) is 19.4 Å². The molecule has 1 aromatic heterocycles. The van der Waals surface area contributed by atoms with Gasteiger partial charge in [-0.3, -0.25) is 9.78 Å². The lowest BCUT2D eigenvalue weighted by Gasteiger charge is -2.17. The zero-order valence-corrected chi connectivity index (χ0v) is 13.8. The summed E-state index contributed by atoms with van der Waals surface area (Å²) in [5.74, 6) is 1.36. The van der Waals surface area contributed by atoms with Crippen LogP contribution in [-0.2, 0) is 11.3 Å². The first-order chi connectivity index (χ1) is 10.6. The SMILES string of the molecule is COc1c(C)cnc(CNC(=O)C=CC2CCCCC2)c1C. The number of amides is 1. The number of nitrogens with zero attached hydrogens (tertiary/aromatic N) is 1. The molecule has 4 nitrogen and oxygen atoms in total. The Morgan fingerprint density at radius 2 is 2.09 bits per heavy atom. The van der Waals surface area contributed by atoms with Gasteiger partial charge in [0.15, 0.2) is 0 Å². The molecule has 0 aromatic carbocycles. The Morgan fingerprint density at radius 3 is 2.77 bits per heavy atom. The van der Waals surface area contributed by atoms with Crippen molar-refractivity contribution in [2.24, 2.45) is 5.92 Å². The van der Waals surface area contributed by atoms with Gasteiger partial charge in [0.1, 0.15) is 5.75 Å². The largest absolute Gasteiger partial charge is 0.496 e. The number of carbonyl (C=O) groups is 1. The van der Waals surface area contributed by atoms with Crippen LogP contribution in [0.5, 0.6) is 5.75 Å². The lowest BCUT2D eigenvalue weighted by molar-refractivity contribution is -0.116. The standard InChI is InChI=1S/C18H26N2O2/c1-13-11-19-16(14(2)18(13)22-3)12-20-17(21)10-9-15-7-5-4-6-8-15/h9-11,15H,4-8,12H2,1-3H3,(H,20,21). The number of methoxy groups -OCH3 is 1. The summed E-state index contributed by atoms with van der Waals surface area (Å²) in [4.78, 5) is 16.3. The first-order valence-corrected chi connectivity index (χ1v) is 8.07. The van der Waals surface area contributed by atoms with Gasteiger partial charge < -0.3 is 10.1 Å². The maximum absolute atomic E-state index is 11.9. The van der Waals surface area contributed by atoms with Crippen LogP contribution in [0.25, 0.3) is 0 Å². The number of pyridine rings is 1. The molecule has 1 aliphatic carbocycles. The molecule has 1 N–H and O–H groups in total. The van der Waals surface area contributed by atoms with E-state index < -0.39 is 0 Å². The summed E-state index contributed by atoms with van der Waals surface area (Å²) in [5.41, 5.74) is 2.84. The molecule has 4 heteroatoms. The van der Waals surface area contributed by atoms with E-state index in [1.165, 1.54) is 32.1 Å². The Kier molecular flexibility index (Phi) is 5.99. The zero-order valence-electron chi connectivity index (χ0n) is 13.8. The third-order valence-electron chi connectivity index (χ3n) is 4.35. The molecule has 0 aliphatic heterocycles. The first kappa shape index (κ1) is 16.5. The highest BCUT2D eigenvalue weighted by atomic mass is 16.5. The van der Waals surface area contributed by atoms with Crippen LogP contribution in [0, 0.1) is 19.8 Å². The smallest absolute Gasteiger partial charge is 0.243 e. The molecular weight excluding hydrogens is 276 g/mol. The van der Waals surface area contributed by atoms with Gasteiger partial charge in [-0.2, -0.15) is 0 Å². The Balaban J connectivity index is 1.89. The van der Waals surface area contributed by atoms with Crippen LogP contribution in [-0.4, -0.2) is 18.0 Å². The summed E-state index contributed by atoms with van der Waals surface area (Å²) in [6.07, 6.45) is 11.8. The molecule has 0 spiro atoms. The molecule has 0 radical (unpaired) electrons. The van der Waals surface area contributed by atoms with E-state index in [1.807, 2.05) is 13.8 Å². The molecular formula is C18H26N2O2. The average Bonchev–Trinajstić information content (AvgIpc) is 2.53. The van der Waals surface area contributed by atoms with E-state index in [0.29, 0.717) is 12.5 Å². The topological polar surface area (TPSA) is 51.2 Å². The maximum atomic E-state index is 11.9. The summed E-state index contributed by atoms with van der Waals surface area (Å²) in [7, 11) is 1.66. The van der Waals surface area contributed by atoms with E-state index in [9.17, 15) is 4.79 Å². The lowest BCUT2D eigenvalue weighted by Crippen LogP contribution is -2.22. The van der Waals surface area contributed by atoms with Crippen LogP contribution in [0.15, 0.2) is 18.3 Å². The molecule has 0 saturated heterocycles. The number of nitrogens with one attached hydrogen (secondary N) is 1. The first-order valence-electron chi connectivity index (χ1n) is 8.07. The van der Waals surface area contributed by atoms with Crippen molar-refractivity contribution in [3.63, 3.8) is 0 Å². The summed E-state index contributed by atoms with van der Waals surface area (Å²) in [5, 5.41) is 2.91. The molecule has 0 atom stereocenters. The predicted molar refractivity (Wildman–Crippen MR) is 87.8 cm³/mol. The van der Waals surface area contributed by atoms with Crippen molar-refractivity contribution in [1.29, 1.82) is 0 Å². The van der Waals surface area contributed by atoms with E-state index in [4.69, 9.17) is 4.74 Å². The van der Waals surface area contributed by atoms with Crippen LogP contribution >= 0.6 is 0 Å². The van der Waals surface area contributed by atoms with Gasteiger partial charge in [0.25, 0.3) is 0 Å². The number of carbonyl (C=O) groups excluding carboxylic acids is 1. The summed E-state index contributed by atoms with van der Waals surface area (Å²) in [6, 6.07) is 0. The molecule has 0 unspecified atom stereocenters. The molecule has 120 valence electrons. The van der Waals surface area contributed by atoms with Crippen LogP contribution in [0.3, 0.4) is 0 Å². The van der Waals surface area contributed by atoms with Gasteiger partial charge in [-0.15, -0.1) is 0 Å². The van der Waals surface area contributed by atoms with E-state index >= 15 is 0 Å². The van der Waals surface area contributed by atoms with Gasteiger partial charge in [0, 0.05) is 17.3 Å². The third kappa shape index (κ3) is 4.33. The molecule has 22 heavy (non-hydrogen) atoms. The van der Waals surface area contributed by atoms with E-state index in [2.05, 4.69) is 16.4 Å². The van der Waals surface area contributed by atoms with E-state index in [-0.39, 0.29) is 5.91 Å². The van der Waals surface area contributed by atoms with Crippen LogP contribution < -0.4 is 10.1 Å². The Labute approximate surface area is 133 Å². The summed E-state index contributed by atoms with van der Waals surface area (Å²) >= 11 is 0. The minimum Gasteiger partial charge on any atom is -0.496 e. The van der Waals surface area contributed by atoms with Crippen molar-refractivity contribution in [3.8, 4) is 5.75 Å². The van der Waals surface area contributed by atoms with Crippen molar-refractivity contribution in [2.45, 2.75) is 52.5 Å². The molecule has 1 aliphatic rings. The minimum absolute atomic E-state index is 0.0497. The molecule has 1 aromatic rings. The second-order valence-electron chi connectivity index (χ2n) is 6.02. The van der Waals surface area contributed by atoms with E-state index in [0.717, 1.165) is 22.6 Å². The van der Waals surface area contributed by atoms with Crippen LogP contribution in [0.2, 0.25) is 0 Å². The molecule has 1 amide bonds. The quantitative estimate of drug-likeness (QED) is 0.847. The number of hydrogen-bond donors (Lipinski definition) is 1. The Hall–Kier alpha value is -1.84. The van der Waals surface area contributed by atoms with Crippen LogP contribution in [0.4, 0.5) is 0 Å². The van der Waals surface area contributed by atoms with Gasteiger partial charge >= 0.3 is 0 Å². The average molecular weight is 302 g/mol. The van der Waals surface area contributed by atoms with Crippen molar-refractivity contribution >= 4 is 5.91 Å². The molecule has 1 heterocycles. The zero-order chi connectivity index (χ0) is 15.9. The number of allylic oxidation sites excluding steroid dienone is 1. The second-order valence-corrected chi connectivity index (χ2v) is 6.02. The number of rotatable bonds is 5. The number of ether oxygens (including phenoxy) is 1. The fourth-order valence-electron chi connectivity index (χ4n) is 3.03. The minimum atomic E-state index is -0.0497. The maximum Gasteiger partial charge on any atom is 0.243 e. The number of hydrogen-bond acceptors (Lipinski definition) is 3. The van der Waals surface area contributed by atoms with Crippen LogP contribution in [0.1, 0.15) is 48.9 Å². The van der Waals surface area contributed by atoms with Crippen molar-refractivity contribution in [2.75, 3.05) is 7.11 Å². The molecule has 2 rings (SSSR count). The van der Waals surface area contributed by atoms with Crippen molar-refractivity contribution in [3.05, 3.63) is 35.2 Å². The highest BCUT2D eigenvalue weighted by molar-refractivity contribution is 5.87.